The highest BCUT2D eigenvalue weighted by molar-refractivity contribution is 5.36. The summed E-state index contributed by atoms with van der Waals surface area (Å²) in [5.41, 5.74) is 3.59. The number of aryl methyl sites for hydroxylation is 1. The van der Waals surface area contributed by atoms with E-state index in [0.717, 1.165) is 24.6 Å². The molecule has 0 bridgehead atoms. The molecule has 1 N–H and O–H groups in total. The third-order valence-electron chi connectivity index (χ3n) is 3.73. The van der Waals surface area contributed by atoms with E-state index in [9.17, 15) is 0 Å². The zero-order chi connectivity index (χ0) is 14.7. The molecule has 1 aromatic heterocycles. The first-order valence-electron chi connectivity index (χ1n) is 7.52. The standard InChI is InChI=1S/C17H22N4/c1-13-4-3-5-14(8-13)12-21(2)17-11-19-16(10-20-17)9-18-15-6-7-15/h3-5,8,10-11,15,18H,6-7,9,12H2,1-2H3. The van der Waals surface area contributed by atoms with E-state index in [2.05, 4.69) is 58.4 Å². The maximum Gasteiger partial charge on any atom is 0.147 e. The number of hydrogen-bond donors (Lipinski definition) is 1. The van der Waals surface area contributed by atoms with Crippen molar-refractivity contribution >= 4 is 5.82 Å². The molecule has 0 spiro atoms. The predicted molar refractivity (Wildman–Crippen MR) is 85.2 cm³/mol. The molecule has 2 aromatic rings. The summed E-state index contributed by atoms with van der Waals surface area (Å²) >= 11 is 0. The molecule has 1 aliphatic rings. The lowest BCUT2D eigenvalue weighted by atomic mass is 10.1. The van der Waals surface area contributed by atoms with E-state index in [4.69, 9.17) is 0 Å². The van der Waals surface area contributed by atoms with Crippen LogP contribution in [-0.2, 0) is 13.1 Å². The van der Waals surface area contributed by atoms with Gasteiger partial charge in [0.1, 0.15) is 5.82 Å². The summed E-state index contributed by atoms with van der Waals surface area (Å²) in [6.45, 7) is 3.78. The molecule has 110 valence electrons. The number of hydrogen-bond acceptors (Lipinski definition) is 4. The van der Waals surface area contributed by atoms with Crippen molar-refractivity contribution in [2.45, 2.75) is 38.9 Å². The van der Waals surface area contributed by atoms with Crippen LogP contribution >= 0.6 is 0 Å². The summed E-state index contributed by atoms with van der Waals surface area (Å²) in [6.07, 6.45) is 6.33. The number of anilines is 1. The van der Waals surface area contributed by atoms with Crippen LogP contribution in [0.5, 0.6) is 0 Å². The topological polar surface area (TPSA) is 41.1 Å². The minimum absolute atomic E-state index is 0.704. The van der Waals surface area contributed by atoms with Gasteiger partial charge in [0.15, 0.2) is 0 Å². The zero-order valence-corrected chi connectivity index (χ0v) is 12.7. The van der Waals surface area contributed by atoms with Crippen LogP contribution < -0.4 is 10.2 Å². The maximum atomic E-state index is 4.52. The van der Waals surface area contributed by atoms with Crippen LogP contribution in [0, 0.1) is 6.92 Å². The van der Waals surface area contributed by atoms with E-state index in [0.29, 0.717) is 6.04 Å². The minimum Gasteiger partial charge on any atom is -0.354 e. The third-order valence-corrected chi connectivity index (χ3v) is 3.73. The van der Waals surface area contributed by atoms with Crippen molar-refractivity contribution in [1.29, 1.82) is 0 Å². The van der Waals surface area contributed by atoms with Gasteiger partial charge in [-0.05, 0) is 25.3 Å². The van der Waals surface area contributed by atoms with Gasteiger partial charge in [0.05, 0.1) is 18.1 Å². The molecule has 0 unspecified atom stereocenters. The van der Waals surface area contributed by atoms with Crippen LogP contribution in [0.3, 0.4) is 0 Å². The maximum absolute atomic E-state index is 4.52. The SMILES string of the molecule is Cc1cccc(CN(C)c2cnc(CNC3CC3)cn2)c1. The van der Waals surface area contributed by atoms with E-state index >= 15 is 0 Å². The molecule has 0 radical (unpaired) electrons. The summed E-state index contributed by atoms with van der Waals surface area (Å²) in [5.74, 6) is 0.909. The zero-order valence-electron chi connectivity index (χ0n) is 12.7. The summed E-state index contributed by atoms with van der Waals surface area (Å²) < 4.78 is 0. The van der Waals surface area contributed by atoms with Crippen LogP contribution in [0.25, 0.3) is 0 Å². The minimum atomic E-state index is 0.704. The highest BCUT2D eigenvalue weighted by atomic mass is 15.2. The number of aromatic nitrogens is 2. The molecule has 1 fully saturated rings. The van der Waals surface area contributed by atoms with E-state index in [1.807, 2.05) is 12.4 Å². The molecular formula is C17H22N4. The Kier molecular flexibility index (Phi) is 4.15. The fourth-order valence-corrected chi connectivity index (χ4v) is 2.34. The van der Waals surface area contributed by atoms with Crippen LogP contribution in [0.15, 0.2) is 36.7 Å². The van der Waals surface area contributed by atoms with Gasteiger partial charge in [0.25, 0.3) is 0 Å². The Balaban J connectivity index is 1.59. The molecule has 0 saturated heterocycles. The molecule has 4 heteroatoms. The van der Waals surface area contributed by atoms with Gasteiger partial charge in [-0.1, -0.05) is 29.8 Å². The van der Waals surface area contributed by atoms with Crippen molar-refractivity contribution in [1.82, 2.24) is 15.3 Å². The predicted octanol–water partition coefficient (Wildman–Crippen LogP) is 2.67. The Hall–Kier alpha value is -1.94. The van der Waals surface area contributed by atoms with Crippen molar-refractivity contribution in [2.24, 2.45) is 0 Å². The van der Waals surface area contributed by atoms with Crippen molar-refractivity contribution in [3.63, 3.8) is 0 Å². The Morgan fingerprint density at radius 1 is 1.24 bits per heavy atom. The molecule has 1 heterocycles. The third kappa shape index (κ3) is 4.02. The van der Waals surface area contributed by atoms with Gasteiger partial charge in [0.2, 0.25) is 0 Å². The Labute approximate surface area is 126 Å². The van der Waals surface area contributed by atoms with E-state index in [1.54, 1.807) is 0 Å². The van der Waals surface area contributed by atoms with Crippen molar-refractivity contribution < 1.29 is 0 Å². The largest absolute Gasteiger partial charge is 0.354 e. The van der Waals surface area contributed by atoms with E-state index in [-0.39, 0.29) is 0 Å². The average Bonchev–Trinajstić information content (AvgIpc) is 3.30. The molecule has 3 rings (SSSR count). The first-order valence-corrected chi connectivity index (χ1v) is 7.52. The van der Waals surface area contributed by atoms with Crippen LogP contribution in [0.1, 0.15) is 29.7 Å². The molecule has 0 atom stereocenters. The first-order chi connectivity index (χ1) is 10.2. The summed E-state index contributed by atoms with van der Waals surface area (Å²) in [5, 5.41) is 3.45. The van der Waals surface area contributed by atoms with Crippen molar-refractivity contribution in [2.75, 3.05) is 11.9 Å². The molecule has 0 aliphatic heterocycles. The van der Waals surface area contributed by atoms with Crippen LogP contribution in [0.2, 0.25) is 0 Å². The van der Waals surface area contributed by atoms with Gasteiger partial charge in [-0.3, -0.25) is 4.98 Å². The molecule has 4 nitrogen and oxygen atoms in total. The molecule has 1 aromatic carbocycles. The van der Waals surface area contributed by atoms with Gasteiger partial charge < -0.3 is 10.2 Å². The Bertz CT molecular complexity index is 590. The lowest BCUT2D eigenvalue weighted by Gasteiger charge is -2.18. The molecular weight excluding hydrogens is 260 g/mol. The quantitative estimate of drug-likeness (QED) is 0.884. The second-order valence-corrected chi connectivity index (χ2v) is 5.87. The highest BCUT2D eigenvalue weighted by Gasteiger charge is 2.20. The summed E-state index contributed by atoms with van der Waals surface area (Å²) in [7, 11) is 2.05. The van der Waals surface area contributed by atoms with Gasteiger partial charge in [-0.15, -0.1) is 0 Å². The lowest BCUT2D eigenvalue weighted by molar-refractivity contribution is 0.671. The molecule has 1 saturated carbocycles. The molecule has 0 amide bonds. The average molecular weight is 282 g/mol. The number of rotatable bonds is 6. The Morgan fingerprint density at radius 3 is 2.76 bits per heavy atom. The number of nitrogens with zero attached hydrogens (tertiary/aromatic N) is 3. The first kappa shape index (κ1) is 14.0. The van der Waals surface area contributed by atoms with Gasteiger partial charge in [0, 0.05) is 26.2 Å². The smallest absolute Gasteiger partial charge is 0.147 e. The second-order valence-electron chi connectivity index (χ2n) is 5.87. The number of benzene rings is 1. The second kappa shape index (κ2) is 6.22. The van der Waals surface area contributed by atoms with Crippen LogP contribution in [-0.4, -0.2) is 23.1 Å². The Morgan fingerprint density at radius 2 is 2.10 bits per heavy atom. The fraction of sp³-hybridized carbons (Fsp3) is 0.412. The molecule has 1 aliphatic carbocycles. The fourth-order valence-electron chi connectivity index (χ4n) is 2.34. The van der Waals surface area contributed by atoms with Gasteiger partial charge in [-0.2, -0.15) is 0 Å². The van der Waals surface area contributed by atoms with Gasteiger partial charge >= 0.3 is 0 Å². The monoisotopic (exact) mass is 282 g/mol. The molecule has 21 heavy (non-hydrogen) atoms. The van der Waals surface area contributed by atoms with Crippen LogP contribution in [0.4, 0.5) is 5.82 Å². The lowest BCUT2D eigenvalue weighted by Crippen LogP contribution is -2.19. The van der Waals surface area contributed by atoms with E-state index < -0.39 is 0 Å². The highest BCUT2D eigenvalue weighted by Crippen LogP contribution is 2.19. The van der Waals surface area contributed by atoms with Crippen molar-refractivity contribution in [3.05, 3.63) is 53.5 Å². The summed E-state index contributed by atoms with van der Waals surface area (Å²) in [4.78, 5) is 11.1. The summed E-state index contributed by atoms with van der Waals surface area (Å²) in [6, 6.07) is 9.26. The van der Waals surface area contributed by atoms with Gasteiger partial charge in [-0.25, -0.2) is 4.98 Å². The number of nitrogens with one attached hydrogen (secondary N) is 1. The normalized spacial score (nSPS) is 14.2. The van der Waals surface area contributed by atoms with E-state index in [1.165, 1.54) is 24.0 Å². The van der Waals surface area contributed by atoms with Crippen molar-refractivity contribution in [3.8, 4) is 0 Å².